The molecule has 1 aliphatic heterocycles. The van der Waals surface area contributed by atoms with Gasteiger partial charge in [0, 0.05) is 31.5 Å². The Labute approximate surface area is 166 Å². The zero-order valence-corrected chi connectivity index (χ0v) is 15.6. The molecule has 2 atom stereocenters. The normalized spacial score (nSPS) is 19.4. The zero-order valence-electron chi connectivity index (χ0n) is 15.6. The molecule has 0 aliphatic carbocycles. The van der Waals surface area contributed by atoms with E-state index in [4.69, 9.17) is 4.74 Å². The zero-order chi connectivity index (χ0) is 20.7. The van der Waals surface area contributed by atoms with Crippen LogP contribution in [-0.4, -0.2) is 36.4 Å². The maximum atomic E-state index is 12.2. The Kier molecular flexibility index (Phi) is 6.92. The number of ether oxygens (including phenoxy) is 2. The highest BCUT2D eigenvalue weighted by atomic mass is 19.4. The fourth-order valence-corrected chi connectivity index (χ4v) is 3.04. The SMILES string of the molecule is O=C(NCc1ccnc(OCC(F)(F)F)c1)NC1CCO[C@@H](c2ccccc2)C1. The lowest BCUT2D eigenvalue weighted by Gasteiger charge is -2.30. The average Bonchev–Trinajstić information content (AvgIpc) is 2.71. The molecule has 1 fully saturated rings. The Hall–Kier alpha value is -2.81. The molecule has 0 saturated carbocycles. The first-order valence-corrected chi connectivity index (χ1v) is 9.24. The summed E-state index contributed by atoms with van der Waals surface area (Å²) in [4.78, 5) is 15.9. The van der Waals surface area contributed by atoms with E-state index in [1.165, 1.54) is 12.3 Å². The second-order valence-electron chi connectivity index (χ2n) is 6.72. The van der Waals surface area contributed by atoms with Crippen molar-refractivity contribution in [1.29, 1.82) is 0 Å². The van der Waals surface area contributed by atoms with E-state index < -0.39 is 12.8 Å². The topological polar surface area (TPSA) is 72.5 Å². The van der Waals surface area contributed by atoms with Crippen molar-refractivity contribution < 1.29 is 27.4 Å². The van der Waals surface area contributed by atoms with Crippen molar-refractivity contribution in [2.45, 2.75) is 37.7 Å². The first-order valence-electron chi connectivity index (χ1n) is 9.24. The summed E-state index contributed by atoms with van der Waals surface area (Å²) in [7, 11) is 0. The lowest BCUT2D eigenvalue weighted by molar-refractivity contribution is -0.154. The molecule has 0 radical (unpaired) electrons. The van der Waals surface area contributed by atoms with Crippen LogP contribution in [0.4, 0.5) is 18.0 Å². The van der Waals surface area contributed by atoms with Crippen molar-refractivity contribution in [1.82, 2.24) is 15.6 Å². The third-order valence-electron chi connectivity index (χ3n) is 4.43. The number of hydrogen-bond donors (Lipinski definition) is 2. The molecule has 0 spiro atoms. The van der Waals surface area contributed by atoms with Crippen LogP contribution in [-0.2, 0) is 11.3 Å². The van der Waals surface area contributed by atoms with Crippen LogP contribution in [0.15, 0.2) is 48.7 Å². The van der Waals surface area contributed by atoms with Crippen molar-refractivity contribution >= 4 is 6.03 Å². The van der Waals surface area contributed by atoms with E-state index in [2.05, 4.69) is 20.4 Å². The Morgan fingerprint density at radius 3 is 2.79 bits per heavy atom. The number of alkyl halides is 3. The van der Waals surface area contributed by atoms with E-state index in [0.717, 1.165) is 5.56 Å². The number of nitrogens with one attached hydrogen (secondary N) is 2. The number of carbonyl (C=O) groups is 1. The van der Waals surface area contributed by atoms with Gasteiger partial charge in [-0.25, -0.2) is 9.78 Å². The van der Waals surface area contributed by atoms with Crippen LogP contribution in [0.3, 0.4) is 0 Å². The van der Waals surface area contributed by atoms with Gasteiger partial charge in [-0.1, -0.05) is 30.3 Å². The summed E-state index contributed by atoms with van der Waals surface area (Å²) in [6, 6.07) is 12.4. The van der Waals surface area contributed by atoms with Crippen LogP contribution < -0.4 is 15.4 Å². The molecule has 1 aliphatic rings. The van der Waals surface area contributed by atoms with E-state index >= 15 is 0 Å². The van der Waals surface area contributed by atoms with Gasteiger partial charge in [0.15, 0.2) is 6.61 Å². The molecule has 3 rings (SSSR count). The highest BCUT2D eigenvalue weighted by molar-refractivity contribution is 5.74. The van der Waals surface area contributed by atoms with Gasteiger partial charge >= 0.3 is 12.2 Å². The Balaban J connectivity index is 1.46. The average molecular weight is 409 g/mol. The minimum atomic E-state index is -4.43. The number of carbonyl (C=O) groups excluding carboxylic acids is 1. The number of halogens is 3. The molecule has 1 saturated heterocycles. The first-order chi connectivity index (χ1) is 13.9. The number of rotatable bonds is 6. The molecule has 2 N–H and O–H groups in total. The number of pyridine rings is 1. The Morgan fingerprint density at radius 2 is 2.03 bits per heavy atom. The van der Waals surface area contributed by atoms with E-state index in [9.17, 15) is 18.0 Å². The van der Waals surface area contributed by atoms with Crippen molar-refractivity contribution in [2.24, 2.45) is 0 Å². The largest absolute Gasteiger partial charge is 0.468 e. The predicted molar refractivity (Wildman–Crippen MR) is 99.3 cm³/mol. The first kappa shape index (κ1) is 20.9. The third kappa shape index (κ3) is 6.94. The monoisotopic (exact) mass is 409 g/mol. The lowest BCUT2D eigenvalue weighted by Crippen LogP contribution is -2.44. The molecular weight excluding hydrogens is 387 g/mol. The number of benzene rings is 1. The molecule has 1 unspecified atom stereocenters. The molecule has 2 heterocycles. The van der Waals surface area contributed by atoms with Crippen molar-refractivity contribution in [3.8, 4) is 5.88 Å². The van der Waals surface area contributed by atoms with Gasteiger partial charge in [-0.2, -0.15) is 13.2 Å². The van der Waals surface area contributed by atoms with Crippen LogP contribution in [0.2, 0.25) is 0 Å². The molecule has 156 valence electrons. The Bertz CT molecular complexity index is 802. The Morgan fingerprint density at radius 1 is 1.24 bits per heavy atom. The second kappa shape index (κ2) is 9.60. The fraction of sp³-hybridized carbons (Fsp3) is 0.400. The maximum absolute atomic E-state index is 12.2. The minimum absolute atomic E-state index is 0.0305. The highest BCUT2D eigenvalue weighted by Crippen LogP contribution is 2.27. The minimum Gasteiger partial charge on any atom is -0.468 e. The molecule has 29 heavy (non-hydrogen) atoms. The van der Waals surface area contributed by atoms with E-state index in [1.54, 1.807) is 6.07 Å². The molecule has 6 nitrogen and oxygen atoms in total. The molecular formula is C20H22F3N3O3. The molecule has 1 aromatic heterocycles. The number of aromatic nitrogens is 1. The van der Waals surface area contributed by atoms with Crippen LogP contribution >= 0.6 is 0 Å². The quantitative estimate of drug-likeness (QED) is 0.763. The van der Waals surface area contributed by atoms with Crippen molar-refractivity contribution in [2.75, 3.05) is 13.2 Å². The van der Waals surface area contributed by atoms with Gasteiger partial charge in [-0.3, -0.25) is 0 Å². The molecule has 2 amide bonds. The number of nitrogens with zero attached hydrogens (tertiary/aromatic N) is 1. The van der Waals surface area contributed by atoms with Gasteiger partial charge in [0.2, 0.25) is 5.88 Å². The van der Waals surface area contributed by atoms with Gasteiger partial charge in [0.05, 0.1) is 6.10 Å². The summed E-state index contributed by atoms with van der Waals surface area (Å²) in [5.41, 5.74) is 1.66. The molecule has 1 aromatic carbocycles. The van der Waals surface area contributed by atoms with Crippen LogP contribution in [0.25, 0.3) is 0 Å². The molecule has 9 heteroatoms. The summed E-state index contributed by atoms with van der Waals surface area (Å²) in [5.74, 6) is -0.142. The van der Waals surface area contributed by atoms with E-state index in [1.807, 2.05) is 30.3 Å². The number of urea groups is 1. The van der Waals surface area contributed by atoms with Gasteiger partial charge in [-0.05, 0) is 30.0 Å². The van der Waals surface area contributed by atoms with Gasteiger partial charge in [-0.15, -0.1) is 0 Å². The smallest absolute Gasteiger partial charge is 0.422 e. The van der Waals surface area contributed by atoms with Crippen molar-refractivity contribution in [3.63, 3.8) is 0 Å². The van der Waals surface area contributed by atoms with Gasteiger partial charge in [0.1, 0.15) is 0 Å². The molecule has 0 bridgehead atoms. The number of hydrogen-bond acceptors (Lipinski definition) is 4. The lowest BCUT2D eigenvalue weighted by atomic mass is 9.97. The standard InChI is InChI=1S/C20H22F3N3O3/c21-20(22,23)13-29-18-10-14(6-8-24-18)12-25-19(27)26-16-7-9-28-17(11-16)15-4-2-1-3-5-15/h1-6,8,10,16-17H,7,9,11-13H2,(H2,25,26,27)/t16?,17-/m1/s1. The number of amides is 2. The van der Waals surface area contributed by atoms with Crippen LogP contribution in [0.5, 0.6) is 5.88 Å². The van der Waals surface area contributed by atoms with Gasteiger partial charge < -0.3 is 20.1 Å². The summed E-state index contributed by atoms with van der Waals surface area (Å²) in [5, 5.41) is 5.63. The predicted octanol–water partition coefficient (Wildman–Crippen LogP) is 3.74. The summed E-state index contributed by atoms with van der Waals surface area (Å²) in [6.07, 6.45) is -1.78. The molecule has 2 aromatic rings. The fourth-order valence-electron chi connectivity index (χ4n) is 3.04. The second-order valence-corrected chi connectivity index (χ2v) is 6.72. The van der Waals surface area contributed by atoms with Gasteiger partial charge in [0.25, 0.3) is 0 Å². The van der Waals surface area contributed by atoms with E-state index in [0.29, 0.717) is 25.0 Å². The maximum Gasteiger partial charge on any atom is 0.422 e. The summed E-state index contributed by atoms with van der Waals surface area (Å²) < 4.78 is 47.1. The summed E-state index contributed by atoms with van der Waals surface area (Å²) >= 11 is 0. The van der Waals surface area contributed by atoms with Crippen LogP contribution in [0.1, 0.15) is 30.1 Å². The van der Waals surface area contributed by atoms with Crippen molar-refractivity contribution in [3.05, 3.63) is 59.8 Å². The highest BCUT2D eigenvalue weighted by Gasteiger charge is 2.28. The van der Waals surface area contributed by atoms with E-state index in [-0.39, 0.29) is 30.6 Å². The third-order valence-corrected chi connectivity index (χ3v) is 4.43. The summed E-state index contributed by atoms with van der Waals surface area (Å²) in [6.45, 7) is -0.722. The van der Waals surface area contributed by atoms with Crippen LogP contribution in [0, 0.1) is 0 Å².